The van der Waals surface area contributed by atoms with Crippen molar-refractivity contribution < 1.29 is 9.59 Å². The van der Waals surface area contributed by atoms with E-state index in [9.17, 15) is 9.59 Å². The van der Waals surface area contributed by atoms with Crippen molar-refractivity contribution in [2.24, 2.45) is 5.92 Å². The van der Waals surface area contributed by atoms with Gasteiger partial charge < -0.3 is 0 Å². The predicted molar refractivity (Wildman–Crippen MR) is 57.8 cm³/mol. The highest BCUT2D eigenvalue weighted by atomic mass is 16.1. The van der Waals surface area contributed by atoms with E-state index in [-0.39, 0.29) is 23.9 Å². The number of ketones is 2. The molecule has 1 heterocycles. The molecule has 0 spiro atoms. The van der Waals surface area contributed by atoms with Gasteiger partial charge in [0, 0.05) is 11.6 Å². The molecule has 1 aromatic heterocycles. The number of aromatic nitrogens is 1. The fourth-order valence-corrected chi connectivity index (χ4v) is 1.15. The normalized spacial score (nSPS) is 10.4. The second-order valence-electron chi connectivity index (χ2n) is 3.89. The highest BCUT2D eigenvalue weighted by Crippen LogP contribution is 2.06. The van der Waals surface area contributed by atoms with Crippen LogP contribution in [0.15, 0.2) is 18.2 Å². The molecule has 0 aliphatic rings. The Morgan fingerprint density at radius 3 is 2.53 bits per heavy atom. The van der Waals surface area contributed by atoms with Crippen LogP contribution in [0.1, 0.15) is 36.5 Å². The van der Waals surface area contributed by atoms with Gasteiger partial charge in [0.05, 0.1) is 6.42 Å². The molecule has 0 bridgehead atoms. The van der Waals surface area contributed by atoms with E-state index in [4.69, 9.17) is 0 Å². The number of pyridine rings is 1. The molecule has 0 saturated carbocycles. The molecule has 0 N–H and O–H groups in total. The second kappa shape index (κ2) is 4.82. The van der Waals surface area contributed by atoms with Gasteiger partial charge in [-0.25, -0.2) is 0 Å². The van der Waals surface area contributed by atoms with Crippen LogP contribution >= 0.6 is 0 Å². The van der Waals surface area contributed by atoms with Crippen LogP contribution in [-0.4, -0.2) is 16.6 Å². The maximum Gasteiger partial charge on any atom is 0.188 e. The van der Waals surface area contributed by atoms with Crippen molar-refractivity contribution in [3.8, 4) is 0 Å². The smallest absolute Gasteiger partial charge is 0.188 e. The first-order valence-electron chi connectivity index (χ1n) is 5.00. The summed E-state index contributed by atoms with van der Waals surface area (Å²) in [5.74, 6) is -0.334. The Kier molecular flexibility index (Phi) is 3.72. The summed E-state index contributed by atoms with van der Waals surface area (Å²) >= 11 is 0. The summed E-state index contributed by atoms with van der Waals surface area (Å²) in [5.41, 5.74) is 1.17. The fourth-order valence-electron chi connectivity index (χ4n) is 1.15. The Bertz CT molecular complexity index is 383. The molecule has 3 heteroatoms. The van der Waals surface area contributed by atoms with Gasteiger partial charge in [-0.2, -0.15) is 0 Å². The molecular formula is C12H15NO2. The molecule has 1 rings (SSSR count). The molecule has 3 nitrogen and oxygen atoms in total. The standard InChI is InChI=1S/C12H15NO2/c1-8(2)11(14)7-12(15)10-6-4-5-9(3)13-10/h4-6,8H,7H2,1-3H3. The van der Waals surface area contributed by atoms with Crippen molar-refractivity contribution in [2.45, 2.75) is 27.2 Å². The number of carbonyl (C=O) groups is 2. The van der Waals surface area contributed by atoms with E-state index in [0.29, 0.717) is 5.69 Å². The summed E-state index contributed by atoms with van der Waals surface area (Å²) in [4.78, 5) is 27.1. The van der Waals surface area contributed by atoms with Crippen molar-refractivity contribution >= 4 is 11.6 Å². The molecule has 0 fully saturated rings. The Balaban J connectivity index is 2.74. The van der Waals surface area contributed by atoms with E-state index < -0.39 is 0 Å². The van der Waals surface area contributed by atoms with Crippen molar-refractivity contribution in [2.75, 3.05) is 0 Å². The lowest BCUT2D eigenvalue weighted by molar-refractivity contribution is -0.121. The molecule has 0 aromatic carbocycles. The summed E-state index contributed by atoms with van der Waals surface area (Å²) in [7, 11) is 0. The number of hydrogen-bond donors (Lipinski definition) is 0. The molecule has 0 amide bonds. The van der Waals surface area contributed by atoms with Gasteiger partial charge in [-0.1, -0.05) is 19.9 Å². The molecule has 0 radical (unpaired) electrons. The molecule has 0 unspecified atom stereocenters. The summed E-state index contributed by atoms with van der Waals surface area (Å²) in [6, 6.07) is 5.24. The van der Waals surface area contributed by atoms with Gasteiger partial charge in [0.2, 0.25) is 0 Å². The molecule has 0 saturated heterocycles. The zero-order valence-corrected chi connectivity index (χ0v) is 9.28. The van der Waals surface area contributed by atoms with E-state index >= 15 is 0 Å². The van der Waals surface area contributed by atoms with Crippen LogP contribution < -0.4 is 0 Å². The topological polar surface area (TPSA) is 47.0 Å². The number of nitrogens with zero attached hydrogens (tertiary/aromatic N) is 1. The third kappa shape index (κ3) is 3.27. The molecule has 80 valence electrons. The maximum absolute atomic E-state index is 11.6. The highest BCUT2D eigenvalue weighted by molar-refractivity contribution is 6.07. The van der Waals surface area contributed by atoms with Crippen LogP contribution in [0.4, 0.5) is 0 Å². The van der Waals surface area contributed by atoms with Crippen LogP contribution in [-0.2, 0) is 4.79 Å². The summed E-state index contributed by atoms with van der Waals surface area (Å²) < 4.78 is 0. The number of aryl methyl sites for hydroxylation is 1. The van der Waals surface area contributed by atoms with E-state index in [2.05, 4.69) is 4.98 Å². The largest absolute Gasteiger partial charge is 0.299 e. The zero-order chi connectivity index (χ0) is 11.4. The minimum atomic E-state index is -0.197. The molecule has 0 atom stereocenters. The summed E-state index contributed by atoms with van der Waals surface area (Å²) in [6.07, 6.45) is -0.0475. The van der Waals surface area contributed by atoms with Gasteiger partial charge >= 0.3 is 0 Å². The maximum atomic E-state index is 11.6. The number of Topliss-reactive ketones (excluding diaryl/α,β-unsaturated/α-hetero) is 2. The van der Waals surface area contributed by atoms with Crippen molar-refractivity contribution in [3.63, 3.8) is 0 Å². The van der Waals surface area contributed by atoms with E-state index in [1.807, 2.05) is 13.0 Å². The Labute approximate surface area is 89.5 Å². The first-order chi connectivity index (χ1) is 7.00. The van der Waals surface area contributed by atoms with E-state index in [1.165, 1.54) is 0 Å². The van der Waals surface area contributed by atoms with Gasteiger partial charge in [-0.15, -0.1) is 0 Å². The lowest BCUT2D eigenvalue weighted by atomic mass is 10.0. The molecule has 1 aromatic rings. The average Bonchev–Trinajstić information content (AvgIpc) is 2.17. The Hall–Kier alpha value is -1.51. The lowest BCUT2D eigenvalue weighted by Crippen LogP contribution is -2.14. The van der Waals surface area contributed by atoms with E-state index in [0.717, 1.165) is 5.69 Å². The van der Waals surface area contributed by atoms with E-state index in [1.54, 1.807) is 26.0 Å². The zero-order valence-electron chi connectivity index (χ0n) is 9.28. The van der Waals surface area contributed by atoms with Gasteiger partial charge in [0.25, 0.3) is 0 Å². The third-order valence-corrected chi connectivity index (χ3v) is 2.15. The van der Waals surface area contributed by atoms with Gasteiger partial charge in [0.15, 0.2) is 5.78 Å². The second-order valence-corrected chi connectivity index (χ2v) is 3.89. The minimum Gasteiger partial charge on any atom is -0.299 e. The summed E-state index contributed by atoms with van der Waals surface area (Å²) in [6.45, 7) is 5.40. The molecule has 15 heavy (non-hydrogen) atoms. The van der Waals surface area contributed by atoms with Crippen molar-refractivity contribution in [1.82, 2.24) is 4.98 Å². The first kappa shape index (κ1) is 11.6. The van der Waals surface area contributed by atoms with Gasteiger partial charge in [0.1, 0.15) is 11.5 Å². The molecule has 0 aliphatic heterocycles. The van der Waals surface area contributed by atoms with Crippen LogP contribution in [0.5, 0.6) is 0 Å². The Morgan fingerprint density at radius 2 is 2.00 bits per heavy atom. The Morgan fingerprint density at radius 1 is 1.33 bits per heavy atom. The average molecular weight is 205 g/mol. The summed E-state index contributed by atoms with van der Waals surface area (Å²) in [5, 5.41) is 0. The number of hydrogen-bond acceptors (Lipinski definition) is 3. The van der Waals surface area contributed by atoms with Crippen LogP contribution in [0.25, 0.3) is 0 Å². The quantitative estimate of drug-likeness (QED) is 0.559. The lowest BCUT2D eigenvalue weighted by Gasteiger charge is -2.03. The van der Waals surface area contributed by atoms with Crippen LogP contribution in [0.3, 0.4) is 0 Å². The van der Waals surface area contributed by atoms with Crippen LogP contribution in [0.2, 0.25) is 0 Å². The monoisotopic (exact) mass is 205 g/mol. The van der Waals surface area contributed by atoms with Crippen LogP contribution in [0, 0.1) is 12.8 Å². The fraction of sp³-hybridized carbons (Fsp3) is 0.417. The van der Waals surface area contributed by atoms with Crippen molar-refractivity contribution in [3.05, 3.63) is 29.6 Å². The molecular weight excluding hydrogens is 190 g/mol. The third-order valence-electron chi connectivity index (χ3n) is 2.15. The predicted octanol–water partition coefficient (Wildman–Crippen LogP) is 2.19. The van der Waals surface area contributed by atoms with Gasteiger partial charge in [-0.05, 0) is 19.1 Å². The number of rotatable bonds is 4. The number of carbonyl (C=O) groups excluding carboxylic acids is 2. The van der Waals surface area contributed by atoms with Crippen molar-refractivity contribution in [1.29, 1.82) is 0 Å². The SMILES string of the molecule is Cc1cccc(C(=O)CC(=O)C(C)C)n1. The van der Waals surface area contributed by atoms with Gasteiger partial charge in [-0.3, -0.25) is 14.6 Å². The highest BCUT2D eigenvalue weighted by Gasteiger charge is 2.15. The minimum absolute atomic E-state index is 0.0386. The molecule has 0 aliphatic carbocycles. The first-order valence-corrected chi connectivity index (χ1v) is 5.00.